The molecule has 4 nitrogen and oxygen atoms in total. The van der Waals surface area contributed by atoms with Crippen molar-refractivity contribution in [3.8, 4) is 0 Å². The first-order chi connectivity index (χ1) is 6.61. The molecule has 0 bridgehead atoms. The van der Waals surface area contributed by atoms with Crippen LogP contribution in [-0.4, -0.2) is 54.5 Å². The Kier molecular flexibility index (Phi) is 3.89. The molecule has 0 aromatic rings. The van der Waals surface area contributed by atoms with Crippen molar-refractivity contribution in [1.29, 1.82) is 0 Å². The zero-order valence-corrected chi connectivity index (χ0v) is 9.36. The third-order valence-electron chi connectivity index (χ3n) is 3.21. The molecule has 1 amide bonds. The van der Waals surface area contributed by atoms with Crippen LogP contribution < -0.4 is 5.73 Å². The monoisotopic (exact) mass is 199 g/mol. The Hall–Kier alpha value is -0.610. The Bertz CT molecular complexity index is 208. The van der Waals surface area contributed by atoms with Gasteiger partial charge >= 0.3 is 0 Å². The van der Waals surface area contributed by atoms with Crippen molar-refractivity contribution < 1.29 is 4.79 Å². The molecule has 1 heterocycles. The van der Waals surface area contributed by atoms with E-state index in [1.165, 1.54) is 0 Å². The van der Waals surface area contributed by atoms with E-state index in [0.29, 0.717) is 12.6 Å². The standard InChI is InChI=1S/C10H21N3O/c1-4-13-6-5-8(2)12(3)9(7-11)10(13)14/h8-9H,4-7,11H2,1-3H3. The summed E-state index contributed by atoms with van der Waals surface area (Å²) in [6, 6.07) is 0.302. The molecule has 0 saturated carbocycles. The van der Waals surface area contributed by atoms with Gasteiger partial charge in [0.05, 0.1) is 0 Å². The van der Waals surface area contributed by atoms with Gasteiger partial charge < -0.3 is 10.6 Å². The number of amides is 1. The molecule has 1 aliphatic heterocycles. The summed E-state index contributed by atoms with van der Waals surface area (Å²) in [5, 5.41) is 0. The van der Waals surface area contributed by atoms with E-state index in [-0.39, 0.29) is 11.9 Å². The van der Waals surface area contributed by atoms with Crippen LogP contribution in [0.4, 0.5) is 0 Å². The Morgan fingerprint density at radius 3 is 2.71 bits per heavy atom. The summed E-state index contributed by atoms with van der Waals surface area (Å²) in [6.45, 7) is 6.22. The summed E-state index contributed by atoms with van der Waals surface area (Å²) < 4.78 is 0. The molecular weight excluding hydrogens is 178 g/mol. The molecule has 14 heavy (non-hydrogen) atoms. The summed E-state index contributed by atoms with van der Waals surface area (Å²) in [4.78, 5) is 16.0. The van der Waals surface area contributed by atoms with Crippen LogP contribution in [0.3, 0.4) is 0 Å². The molecule has 1 fully saturated rings. The average Bonchev–Trinajstić information content (AvgIpc) is 2.27. The minimum Gasteiger partial charge on any atom is -0.342 e. The third kappa shape index (κ3) is 2.07. The molecule has 4 heteroatoms. The van der Waals surface area contributed by atoms with E-state index >= 15 is 0 Å². The zero-order valence-electron chi connectivity index (χ0n) is 9.36. The van der Waals surface area contributed by atoms with E-state index in [1.807, 2.05) is 18.9 Å². The minimum absolute atomic E-state index is 0.132. The summed E-state index contributed by atoms with van der Waals surface area (Å²) in [5.41, 5.74) is 5.64. The fraction of sp³-hybridized carbons (Fsp3) is 0.900. The summed E-state index contributed by atoms with van der Waals surface area (Å²) in [7, 11) is 1.99. The second kappa shape index (κ2) is 4.75. The van der Waals surface area contributed by atoms with E-state index in [2.05, 4.69) is 11.8 Å². The topological polar surface area (TPSA) is 49.6 Å². The van der Waals surface area contributed by atoms with Crippen LogP contribution in [-0.2, 0) is 4.79 Å². The first-order valence-electron chi connectivity index (χ1n) is 5.32. The number of nitrogens with two attached hydrogens (primary N) is 1. The van der Waals surface area contributed by atoms with Crippen LogP contribution in [0.1, 0.15) is 20.3 Å². The highest BCUT2D eigenvalue weighted by molar-refractivity contribution is 5.82. The lowest BCUT2D eigenvalue weighted by Gasteiger charge is -2.29. The van der Waals surface area contributed by atoms with E-state index < -0.39 is 0 Å². The van der Waals surface area contributed by atoms with Gasteiger partial charge in [0.15, 0.2) is 0 Å². The summed E-state index contributed by atoms with van der Waals surface area (Å²) >= 11 is 0. The number of nitrogens with zero attached hydrogens (tertiary/aromatic N) is 2. The largest absolute Gasteiger partial charge is 0.342 e. The van der Waals surface area contributed by atoms with Crippen LogP contribution >= 0.6 is 0 Å². The number of rotatable bonds is 2. The molecule has 0 aliphatic carbocycles. The van der Waals surface area contributed by atoms with Gasteiger partial charge in [-0.15, -0.1) is 0 Å². The van der Waals surface area contributed by atoms with Gasteiger partial charge in [0.25, 0.3) is 0 Å². The smallest absolute Gasteiger partial charge is 0.241 e. The maximum absolute atomic E-state index is 12.0. The SMILES string of the molecule is CCN1CCC(C)N(C)C(CN)C1=O. The van der Waals surface area contributed by atoms with Crippen molar-refractivity contribution in [2.75, 3.05) is 26.7 Å². The van der Waals surface area contributed by atoms with Gasteiger partial charge in [0.2, 0.25) is 5.91 Å². The van der Waals surface area contributed by atoms with E-state index in [4.69, 9.17) is 5.73 Å². The molecule has 1 rings (SSSR count). The van der Waals surface area contributed by atoms with Gasteiger partial charge in [-0.3, -0.25) is 9.69 Å². The van der Waals surface area contributed by atoms with Gasteiger partial charge in [-0.25, -0.2) is 0 Å². The van der Waals surface area contributed by atoms with Gasteiger partial charge in [-0.1, -0.05) is 0 Å². The van der Waals surface area contributed by atoms with E-state index in [0.717, 1.165) is 19.5 Å². The third-order valence-corrected chi connectivity index (χ3v) is 3.21. The number of hydrogen-bond donors (Lipinski definition) is 1. The normalized spacial score (nSPS) is 30.6. The summed E-state index contributed by atoms with van der Waals surface area (Å²) in [6.07, 6.45) is 1.03. The van der Waals surface area contributed by atoms with Gasteiger partial charge in [0, 0.05) is 25.7 Å². The molecule has 0 aromatic carbocycles. The van der Waals surface area contributed by atoms with Crippen molar-refractivity contribution in [2.45, 2.75) is 32.4 Å². The maximum atomic E-state index is 12.0. The average molecular weight is 199 g/mol. The Labute approximate surface area is 86.0 Å². The second-order valence-corrected chi connectivity index (χ2v) is 3.97. The lowest BCUT2D eigenvalue weighted by Crippen LogP contribution is -2.50. The van der Waals surface area contributed by atoms with Crippen LogP contribution in [0.25, 0.3) is 0 Å². The minimum atomic E-state index is -0.132. The first kappa shape index (κ1) is 11.5. The van der Waals surface area contributed by atoms with Crippen LogP contribution in [0.5, 0.6) is 0 Å². The molecule has 1 saturated heterocycles. The molecule has 0 radical (unpaired) electrons. The molecule has 2 atom stereocenters. The van der Waals surface area contributed by atoms with Crippen LogP contribution in [0.15, 0.2) is 0 Å². The lowest BCUT2D eigenvalue weighted by molar-refractivity contribution is -0.134. The maximum Gasteiger partial charge on any atom is 0.241 e. The zero-order chi connectivity index (χ0) is 10.7. The van der Waals surface area contributed by atoms with Crippen molar-refractivity contribution >= 4 is 5.91 Å². The molecular formula is C10H21N3O. The number of likely N-dealkylation sites (N-methyl/N-ethyl adjacent to an activating group) is 2. The van der Waals surface area contributed by atoms with Crippen molar-refractivity contribution in [2.24, 2.45) is 5.73 Å². The van der Waals surface area contributed by atoms with Crippen LogP contribution in [0, 0.1) is 0 Å². The first-order valence-corrected chi connectivity index (χ1v) is 5.32. The number of carbonyl (C=O) groups excluding carboxylic acids is 1. The highest BCUT2D eigenvalue weighted by Gasteiger charge is 2.31. The molecule has 2 N–H and O–H groups in total. The van der Waals surface area contributed by atoms with Gasteiger partial charge in [-0.2, -0.15) is 0 Å². The Balaban J connectivity index is 2.81. The van der Waals surface area contributed by atoms with Crippen molar-refractivity contribution in [3.05, 3.63) is 0 Å². The molecule has 0 aromatic heterocycles. The number of carbonyl (C=O) groups is 1. The molecule has 82 valence electrons. The molecule has 1 aliphatic rings. The van der Waals surface area contributed by atoms with E-state index in [1.54, 1.807) is 0 Å². The van der Waals surface area contributed by atoms with Crippen molar-refractivity contribution in [3.63, 3.8) is 0 Å². The highest BCUT2D eigenvalue weighted by atomic mass is 16.2. The predicted molar refractivity (Wildman–Crippen MR) is 56.9 cm³/mol. The van der Waals surface area contributed by atoms with Crippen LogP contribution in [0.2, 0.25) is 0 Å². The number of hydrogen-bond acceptors (Lipinski definition) is 3. The second-order valence-electron chi connectivity index (χ2n) is 3.97. The predicted octanol–water partition coefficient (Wildman–Crippen LogP) is -0.114. The Morgan fingerprint density at radius 1 is 1.57 bits per heavy atom. The lowest BCUT2D eigenvalue weighted by atomic mass is 10.2. The molecule has 2 unspecified atom stereocenters. The fourth-order valence-electron chi connectivity index (χ4n) is 1.93. The van der Waals surface area contributed by atoms with Gasteiger partial charge in [0.1, 0.15) is 6.04 Å². The summed E-state index contributed by atoms with van der Waals surface area (Å²) in [5.74, 6) is 0.182. The highest BCUT2D eigenvalue weighted by Crippen LogP contribution is 2.14. The Morgan fingerprint density at radius 2 is 2.21 bits per heavy atom. The fourth-order valence-corrected chi connectivity index (χ4v) is 1.93. The molecule has 0 spiro atoms. The quantitative estimate of drug-likeness (QED) is 0.675. The van der Waals surface area contributed by atoms with E-state index in [9.17, 15) is 4.79 Å². The van der Waals surface area contributed by atoms with Gasteiger partial charge in [-0.05, 0) is 27.3 Å². The van der Waals surface area contributed by atoms with Crippen molar-refractivity contribution in [1.82, 2.24) is 9.80 Å².